The largest absolute Gasteiger partial charge is 0.318 e. The van der Waals surface area contributed by atoms with Crippen LogP contribution < -0.4 is 11.0 Å². The Morgan fingerprint density at radius 2 is 2.05 bits per heavy atom. The summed E-state index contributed by atoms with van der Waals surface area (Å²) in [5.41, 5.74) is 5.87. The maximum absolute atomic E-state index is 11.9. The predicted octanol–water partition coefficient (Wildman–Crippen LogP) is 0.418. The smallest absolute Gasteiger partial charge is 0.255 e. The van der Waals surface area contributed by atoms with E-state index >= 15 is 0 Å². The summed E-state index contributed by atoms with van der Waals surface area (Å²) in [4.78, 5) is 19.8. The maximum atomic E-state index is 11.9. The molecule has 0 aromatic carbocycles. The monoisotopic (exact) mass is 255 g/mol. The quantitative estimate of drug-likeness (QED) is 0.842. The van der Waals surface area contributed by atoms with Crippen molar-refractivity contribution in [2.45, 2.75) is 0 Å². The minimum Gasteiger partial charge on any atom is -0.318 e. The molecule has 19 heavy (non-hydrogen) atoms. The molecule has 6 nitrogen and oxygen atoms in total. The Kier molecular flexibility index (Phi) is 2.85. The van der Waals surface area contributed by atoms with Gasteiger partial charge in [0.05, 0.1) is 18.1 Å². The highest BCUT2D eigenvalue weighted by atomic mass is 16.1. The molecule has 2 aromatic heterocycles. The van der Waals surface area contributed by atoms with Crippen molar-refractivity contribution in [3.8, 4) is 5.69 Å². The lowest BCUT2D eigenvalue weighted by molar-refractivity contribution is 0.374. The van der Waals surface area contributed by atoms with E-state index in [2.05, 4.69) is 15.4 Å². The van der Waals surface area contributed by atoms with Crippen LogP contribution in [-0.4, -0.2) is 33.1 Å². The fourth-order valence-electron chi connectivity index (χ4n) is 2.01. The van der Waals surface area contributed by atoms with Crippen LogP contribution in [-0.2, 0) is 0 Å². The van der Waals surface area contributed by atoms with Crippen molar-refractivity contribution in [3.05, 3.63) is 59.2 Å². The normalized spacial score (nSPS) is 14.6. The topological polar surface area (TPSA) is 63.1 Å². The average Bonchev–Trinajstić information content (AvgIpc) is 2.87. The van der Waals surface area contributed by atoms with Gasteiger partial charge < -0.3 is 5.01 Å². The van der Waals surface area contributed by atoms with E-state index in [0.717, 1.165) is 17.7 Å². The first-order chi connectivity index (χ1) is 9.24. The lowest BCUT2D eigenvalue weighted by Gasteiger charge is -2.07. The van der Waals surface area contributed by atoms with Crippen LogP contribution in [0.25, 0.3) is 11.3 Å². The van der Waals surface area contributed by atoms with E-state index in [1.807, 2.05) is 30.5 Å². The van der Waals surface area contributed by atoms with Gasteiger partial charge in [-0.1, -0.05) is 0 Å². The molecule has 3 rings (SSSR count). The van der Waals surface area contributed by atoms with Crippen molar-refractivity contribution in [3.63, 3.8) is 0 Å². The summed E-state index contributed by atoms with van der Waals surface area (Å²) < 4.78 is 1.55. The molecule has 96 valence electrons. The average molecular weight is 255 g/mol. The highest BCUT2D eigenvalue weighted by Gasteiger charge is 2.11. The molecule has 0 amide bonds. The molecule has 1 aliphatic rings. The molecular formula is C13H13N5O. The number of aromatic nitrogens is 3. The third-order valence-corrected chi connectivity index (χ3v) is 2.98. The minimum atomic E-state index is -0.0986. The van der Waals surface area contributed by atoms with E-state index in [-0.39, 0.29) is 5.56 Å². The molecule has 3 heterocycles. The molecule has 0 atom stereocenters. The van der Waals surface area contributed by atoms with E-state index in [4.69, 9.17) is 0 Å². The summed E-state index contributed by atoms with van der Waals surface area (Å²) in [5, 5.41) is 1.90. The molecule has 6 heteroatoms. The van der Waals surface area contributed by atoms with Crippen molar-refractivity contribution in [1.82, 2.24) is 25.0 Å². The first kappa shape index (κ1) is 11.6. The number of hydrogen-bond acceptors (Lipinski definition) is 5. The number of nitrogens with zero attached hydrogens (tertiary/aromatic N) is 4. The predicted molar refractivity (Wildman–Crippen MR) is 71.4 cm³/mol. The van der Waals surface area contributed by atoms with Gasteiger partial charge in [-0.25, -0.2) is 15.4 Å². The number of hydrogen-bond donors (Lipinski definition) is 1. The highest BCUT2D eigenvalue weighted by molar-refractivity contribution is 5.67. The summed E-state index contributed by atoms with van der Waals surface area (Å²) >= 11 is 0. The Bertz CT molecular complexity index is 677. The van der Waals surface area contributed by atoms with Gasteiger partial charge in [0.15, 0.2) is 0 Å². The number of hydrazine groups is 1. The second-order valence-electron chi connectivity index (χ2n) is 4.32. The van der Waals surface area contributed by atoms with Gasteiger partial charge in [0.2, 0.25) is 0 Å². The zero-order chi connectivity index (χ0) is 13.2. The molecule has 0 fully saturated rings. The molecule has 2 aromatic rings. The number of pyridine rings is 1. The van der Waals surface area contributed by atoms with Crippen molar-refractivity contribution >= 4 is 5.57 Å². The number of rotatable bonds is 2. The van der Waals surface area contributed by atoms with E-state index in [0.29, 0.717) is 5.69 Å². The van der Waals surface area contributed by atoms with Gasteiger partial charge in [0, 0.05) is 32.1 Å². The molecule has 0 spiro atoms. The molecule has 1 N–H and O–H groups in total. The van der Waals surface area contributed by atoms with Crippen LogP contribution >= 0.6 is 0 Å². The van der Waals surface area contributed by atoms with E-state index in [1.54, 1.807) is 23.0 Å². The molecule has 0 saturated carbocycles. The summed E-state index contributed by atoms with van der Waals surface area (Å²) in [5.74, 6) is 0. The van der Waals surface area contributed by atoms with Gasteiger partial charge in [-0.2, -0.15) is 0 Å². The van der Waals surface area contributed by atoms with Gasteiger partial charge in [-0.3, -0.25) is 9.36 Å². The van der Waals surface area contributed by atoms with Gasteiger partial charge in [-0.05, 0) is 17.2 Å². The Hall–Kier alpha value is -2.47. The van der Waals surface area contributed by atoms with Crippen molar-refractivity contribution < 1.29 is 0 Å². The Balaban J connectivity index is 2.07. The lowest BCUT2D eigenvalue weighted by Crippen LogP contribution is -2.23. The van der Waals surface area contributed by atoms with Crippen LogP contribution in [0.15, 0.2) is 48.0 Å². The van der Waals surface area contributed by atoms with Gasteiger partial charge >= 0.3 is 0 Å². The third kappa shape index (κ3) is 2.25. The van der Waals surface area contributed by atoms with Crippen LogP contribution in [0.5, 0.6) is 0 Å². The van der Waals surface area contributed by atoms with Gasteiger partial charge in [-0.15, -0.1) is 0 Å². The van der Waals surface area contributed by atoms with Crippen LogP contribution in [0, 0.1) is 0 Å². The van der Waals surface area contributed by atoms with Crippen molar-refractivity contribution in [2.24, 2.45) is 0 Å². The summed E-state index contributed by atoms with van der Waals surface area (Å²) in [7, 11) is 1.94. The van der Waals surface area contributed by atoms with Crippen LogP contribution in [0.1, 0.15) is 5.56 Å². The molecule has 0 bridgehead atoms. The second-order valence-corrected chi connectivity index (χ2v) is 4.32. The fraction of sp³-hybridized carbons (Fsp3) is 0.154. The van der Waals surface area contributed by atoms with E-state index in [1.165, 1.54) is 6.33 Å². The summed E-state index contributed by atoms with van der Waals surface area (Å²) in [6, 6.07) is 3.39. The minimum absolute atomic E-state index is 0.0986. The molecular weight excluding hydrogens is 242 g/mol. The third-order valence-electron chi connectivity index (χ3n) is 2.98. The highest BCUT2D eigenvalue weighted by Crippen LogP contribution is 2.17. The zero-order valence-corrected chi connectivity index (χ0v) is 10.4. The fourth-order valence-corrected chi connectivity index (χ4v) is 2.01. The SMILES string of the molecule is CN1C=C(c2ccc(=O)n(-c3cncnc3)c2)CN1. The molecule has 0 saturated heterocycles. The van der Waals surface area contributed by atoms with Gasteiger partial charge in [0.1, 0.15) is 6.33 Å². The second kappa shape index (κ2) is 4.66. The van der Waals surface area contributed by atoms with Crippen LogP contribution in [0.2, 0.25) is 0 Å². The van der Waals surface area contributed by atoms with Crippen molar-refractivity contribution in [2.75, 3.05) is 13.6 Å². The number of nitrogens with one attached hydrogen (secondary N) is 1. The molecule has 0 aliphatic carbocycles. The molecule has 1 aliphatic heterocycles. The van der Waals surface area contributed by atoms with Gasteiger partial charge in [0.25, 0.3) is 5.56 Å². The van der Waals surface area contributed by atoms with Crippen LogP contribution in [0.3, 0.4) is 0 Å². The van der Waals surface area contributed by atoms with Crippen molar-refractivity contribution in [1.29, 1.82) is 0 Å². The molecule has 0 radical (unpaired) electrons. The van der Waals surface area contributed by atoms with E-state index in [9.17, 15) is 4.79 Å². The first-order valence-corrected chi connectivity index (χ1v) is 5.89. The molecule has 0 unspecified atom stereocenters. The standard InChI is InChI=1S/C13H13N5O/c1-17-7-11(4-16-17)10-2-3-13(19)18(8-10)12-5-14-9-15-6-12/h2-3,5-9,16H,4H2,1H3. The summed E-state index contributed by atoms with van der Waals surface area (Å²) in [6.45, 7) is 0.750. The maximum Gasteiger partial charge on any atom is 0.255 e. The summed E-state index contributed by atoms with van der Waals surface area (Å²) in [6.07, 6.45) is 8.49. The van der Waals surface area contributed by atoms with Crippen LogP contribution in [0.4, 0.5) is 0 Å². The van der Waals surface area contributed by atoms with E-state index < -0.39 is 0 Å². The lowest BCUT2D eigenvalue weighted by atomic mass is 10.1. The Morgan fingerprint density at radius 3 is 2.74 bits per heavy atom. The Labute approximate surface area is 110 Å². The zero-order valence-electron chi connectivity index (χ0n) is 10.4. The Morgan fingerprint density at radius 1 is 1.26 bits per heavy atom. The first-order valence-electron chi connectivity index (χ1n) is 5.89.